The Labute approximate surface area is 142 Å². The van der Waals surface area contributed by atoms with Crippen LogP contribution in [0.15, 0.2) is 54.9 Å². The van der Waals surface area contributed by atoms with Gasteiger partial charge in [-0.25, -0.2) is 9.37 Å². The SMILES string of the molecule is O=C1CC(c2cccc(Cl)c2)c2ncn(-c3ccc(F)cc3)c2N1. The van der Waals surface area contributed by atoms with Gasteiger partial charge in [0, 0.05) is 23.0 Å². The van der Waals surface area contributed by atoms with Crippen molar-refractivity contribution in [1.82, 2.24) is 9.55 Å². The fourth-order valence-corrected chi connectivity index (χ4v) is 3.20. The highest BCUT2D eigenvalue weighted by Crippen LogP contribution is 2.37. The zero-order valence-electron chi connectivity index (χ0n) is 12.5. The van der Waals surface area contributed by atoms with E-state index in [-0.39, 0.29) is 17.6 Å². The molecule has 2 heterocycles. The Morgan fingerprint density at radius 1 is 1.21 bits per heavy atom. The molecule has 1 atom stereocenters. The molecule has 2 aromatic carbocycles. The summed E-state index contributed by atoms with van der Waals surface area (Å²) in [6, 6.07) is 13.5. The quantitative estimate of drug-likeness (QED) is 0.761. The minimum absolute atomic E-state index is 0.0867. The number of anilines is 1. The molecule has 1 aromatic heterocycles. The van der Waals surface area contributed by atoms with Gasteiger partial charge in [-0.05, 0) is 42.0 Å². The molecule has 24 heavy (non-hydrogen) atoms. The molecule has 1 aliphatic heterocycles. The maximum Gasteiger partial charge on any atom is 0.226 e. The van der Waals surface area contributed by atoms with Crippen molar-refractivity contribution in [3.63, 3.8) is 0 Å². The van der Waals surface area contributed by atoms with Gasteiger partial charge in [-0.2, -0.15) is 0 Å². The van der Waals surface area contributed by atoms with Gasteiger partial charge in [-0.1, -0.05) is 23.7 Å². The second-order valence-corrected chi connectivity index (χ2v) is 6.12. The van der Waals surface area contributed by atoms with Gasteiger partial charge in [0.1, 0.15) is 18.0 Å². The van der Waals surface area contributed by atoms with E-state index in [0.29, 0.717) is 17.3 Å². The van der Waals surface area contributed by atoms with E-state index in [0.717, 1.165) is 16.9 Å². The van der Waals surface area contributed by atoms with E-state index in [1.54, 1.807) is 29.1 Å². The smallest absolute Gasteiger partial charge is 0.226 e. The number of benzene rings is 2. The summed E-state index contributed by atoms with van der Waals surface area (Å²) < 4.78 is 14.9. The fraction of sp³-hybridized carbons (Fsp3) is 0.111. The minimum atomic E-state index is -0.312. The molecule has 0 saturated heterocycles. The van der Waals surface area contributed by atoms with E-state index in [9.17, 15) is 9.18 Å². The van der Waals surface area contributed by atoms with E-state index >= 15 is 0 Å². The van der Waals surface area contributed by atoms with Crippen LogP contribution in [0.2, 0.25) is 5.02 Å². The van der Waals surface area contributed by atoms with Crippen LogP contribution in [0.5, 0.6) is 0 Å². The third-order valence-electron chi connectivity index (χ3n) is 4.13. The topological polar surface area (TPSA) is 46.9 Å². The number of amides is 1. The number of hydrogen-bond donors (Lipinski definition) is 1. The van der Waals surface area contributed by atoms with Gasteiger partial charge in [0.05, 0.1) is 5.69 Å². The first-order chi connectivity index (χ1) is 11.6. The number of nitrogens with zero attached hydrogens (tertiary/aromatic N) is 2. The molecule has 1 amide bonds. The normalized spacial score (nSPS) is 16.6. The van der Waals surface area contributed by atoms with E-state index in [2.05, 4.69) is 10.3 Å². The van der Waals surface area contributed by atoms with Crippen molar-refractivity contribution in [2.24, 2.45) is 0 Å². The van der Waals surface area contributed by atoms with Crippen molar-refractivity contribution < 1.29 is 9.18 Å². The summed E-state index contributed by atoms with van der Waals surface area (Å²) in [5.41, 5.74) is 2.46. The zero-order chi connectivity index (χ0) is 16.7. The number of halogens is 2. The van der Waals surface area contributed by atoms with Crippen molar-refractivity contribution in [3.8, 4) is 5.69 Å². The van der Waals surface area contributed by atoms with Crippen LogP contribution in [-0.2, 0) is 4.79 Å². The van der Waals surface area contributed by atoms with Crippen LogP contribution < -0.4 is 5.32 Å². The van der Waals surface area contributed by atoms with Crippen LogP contribution in [-0.4, -0.2) is 15.5 Å². The van der Waals surface area contributed by atoms with Crippen LogP contribution in [0, 0.1) is 5.82 Å². The molecule has 0 bridgehead atoms. The van der Waals surface area contributed by atoms with Crippen molar-refractivity contribution >= 4 is 23.3 Å². The van der Waals surface area contributed by atoms with Crippen LogP contribution >= 0.6 is 11.6 Å². The highest BCUT2D eigenvalue weighted by atomic mass is 35.5. The fourth-order valence-electron chi connectivity index (χ4n) is 3.00. The number of hydrogen-bond acceptors (Lipinski definition) is 2. The van der Waals surface area contributed by atoms with E-state index in [4.69, 9.17) is 11.6 Å². The minimum Gasteiger partial charge on any atom is -0.310 e. The van der Waals surface area contributed by atoms with Gasteiger partial charge in [0.25, 0.3) is 0 Å². The second kappa shape index (κ2) is 5.76. The maximum absolute atomic E-state index is 13.1. The largest absolute Gasteiger partial charge is 0.310 e. The van der Waals surface area contributed by atoms with E-state index in [1.165, 1.54) is 12.1 Å². The Morgan fingerprint density at radius 3 is 2.75 bits per heavy atom. The summed E-state index contributed by atoms with van der Waals surface area (Å²) in [4.78, 5) is 16.7. The number of aromatic nitrogens is 2. The van der Waals surface area contributed by atoms with Crippen LogP contribution in [0.25, 0.3) is 5.69 Å². The Balaban J connectivity index is 1.81. The molecule has 1 aliphatic rings. The summed E-state index contributed by atoms with van der Waals surface area (Å²) in [6.07, 6.45) is 1.95. The third kappa shape index (κ3) is 2.57. The third-order valence-corrected chi connectivity index (χ3v) is 4.36. The number of imidazole rings is 1. The number of rotatable bonds is 2. The molecule has 1 unspecified atom stereocenters. The first-order valence-electron chi connectivity index (χ1n) is 7.50. The highest BCUT2D eigenvalue weighted by Gasteiger charge is 2.31. The van der Waals surface area contributed by atoms with Crippen LogP contribution in [0.4, 0.5) is 10.2 Å². The molecule has 3 aromatic rings. The van der Waals surface area contributed by atoms with Crippen LogP contribution in [0.1, 0.15) is 23.6 Å². The molecule has 1 N–H and O–H groups in total. The number of fused-ring (bicyclic) bond motifs is 1. The first kappa shape index (κ1) is 14.9. The van der Waals surface area contributed by atoms with E-state index in [1.807, 2.05) is 18.2 Å². The highest BCUT2D eigenvalue weighted by molar-refractivity contribution is 6.30. The molecule has 0 spiro atoms. The Morgan fingerprint density at radius 2 is 2.00 bits per heavy atom. The molecule has 0 fully saturated rings. The van der Waals surface area contributed by atoms with Crippen molar-refractivity contribution in [2.75, 3.05) is 5.32 Å². The van der Waals surface area contributed by atoms with Crippen molar-refractivity contribution in [3.05, 3.63) is 77.0 Å². The average Bonchev–Trinajstić information content (AvgIpc) is 2.98. The number of nitrogens with one attached hydrogen (secondary N) is 1. The second-order valence-electron chi connectivity index (χ2n) is 5.68. The van der Waals surface area contributed by atoms with Crippen LogP contribution in [0.3, 0.4) is 0 Å². The standard InChI is InChI=1S/C18H13ClFN3O/c19-12-3-1-2-11(8-12)15-9-16(24)22-18-17(15)21-10-23(18)14-6-4-13(20)5-7-14/h1-8,10,15H,9H2,(H,22,24). The monoisotopic (exact) mass is 341 g/mol. The summed E-state index contributed by atoms with van der Waals surface area (Å²) in [5.74, 6) is 0.0573. The van der Waals surface area contributed by atoms with Gasteiger partial charge < -0.3 is 5.32 Å². The molecule has 0 radical (unpaired) electrons. The number of carbonyl (C=O) groups is 1. The Hall–Kier alpha value is -2.66. The van der Waals surface area contributed by atoms with Gasteiger partial charge in [0.15, 0.2) is 0 Å². The molecule has 6 heteroatoms. The predicted molar refractivity (Wildman–Crippen MR) is 90.1 cm³/mol. The van der Waals surface area contributed by atoms with Crippen molar-refractivity contribution in [2.45, 2.75) is 12.3 Å². The summed E-state index contributed by atoms with van der Waals surface area (Å²) in [6.45, 7) is 0. The summed E-state index contributed by atoms with van der Waals surface area (Å²) in [7, 11) is 0. The van der Waals surface area contributed by atoms with Gasteiger partial charge in [-0.3, -0.25) is 9.36 Å². The first-order valence-corrected chi connectivity index (χ1v) is 7.88. The van der Waals surface area contributed by atoms with E-state index < -0.39 is 0 Å². The summed E-state index contributed by atoms with van der Waals surface area (Å²) in [5, 5.41) is 3.49. The Kier molecular flexibility index (Phi) is 3.58. The zero-order valence-corrected chi connectivity index (χ0v) is 13.3. The van der Waals surface area contributed by atoms with Gasteiger partial charge >= 0.3 is 0 Å². The molecular formula is C18H13ClFN3O. The molecular weight excluding hydrogens is 329 g/mol. The molecule has 0 saturated carbocycles. The molecule has 0 aliphatic carbocycles. The summed E-state index contributed by atoms with van der Waals surface area (Å²) >= 11 is 6.08. The average molecular weight is 342 g/mol. The lowest BCUT2D eigenvalue weighted by Gasteiger charge is -2.23. The number of carbonyl (C=O) groups excluding carboxylic acids is 1. The predicted octanol–water partition coefficient (Wildman–Crippen LogP) is 4.14. The molecule has 4 nitrogen and oxygen atoms in total. The molecule has 120 valence electrons. The van der Waals surface area contributed by atoms with Crippen molar-refractivity contribution in [1.29, 1.82) is 0 Å². The maximum atomic E-state index is 13.1. The van der Waals surface area contributed by atoms with Gasteiger partial charge in [0.2, 0.25) is 5.91 Å². The van der Waals surface area contributed by atoms with Gasteiger partial charge in [-0.15, -0.1) is 0 Å². The lowest BCUT2D eigenvalue weighted by atomic mass is 9.90. The lowest BCUT2D eigenvalue weighted by Crippen LogP contribution is -2.24. The Bertz CT molecular complexity index is 920. The molecule has 4 rings (SSSR count). The lowest BCUT2D eigenvalue weighted by molar-refractivity contribution is -0.116.